The molecule has 0 aromatic heterocycles. The maximum atomic E-state index is 11.2. The van der Waals surface area contributed by atoms with E-state index in [9.17, 15) is 9.59 Å². The van der Waals surface area contributed by atoms with E-state index in [1.807, 2.05) is 0 Å². The quantitative estimate of drug-likeness (QED) is 0.569. The van der Waals surface area contributed by atoms with Gasteiger partial charge in [-0.15, -0.1) is 12.6 Å². The lowest BCUT2D eigenvalue weighted by atomic mass is 10.2. The predicted molar refractivity (Wildman–Crippen MR) is 65.8 cm³/mol. The number of ether oxygens (including phenoxy) is 1. The fourth-order valence-corrected chi connectivity index (χ4v) is 1.39. The SMILES string of the molecule is C=CCOC(=O)Nc1ccc(C(=O)O)c(S)c1. The Kier molecular flexibility index (Phi) is 4.59. The lowest BCUT2D eigenvalue weighted by Gasteiger charge is -2.07. The first kappa shape index (κ1) is 13.1. The van der Waals surface area contributed by atoms with Crippen LogP contribution >= 0.6 is 12.6 Å². The van der Waals surface area contributed by atoms with Gasteiger partial charge in [0.2, 0.25) is 0 Å². The molecule has 0 unspecified atom stereocenters. The van der Waals surface area contributed by atoms with Crippen molar-refractivity contribution >= 4 is 30.4 Å². The van der Waals surface area contributed by atoms with Gasteiger partial charge in [0.05, 0.1) is 5.56 Å². The molecule has 1 aromatic rings. The molecule has 17 heavy (non-hydrogen) atoms. The fraction of sp³-hybridized carbons (Fsp3) is 0.0909. The van der Waals surface area contributed by atoms with E-state index in [4.69, 9.17) is 9.84 Å². The highest BCUT2D eigenvalue weighted by molar-refractivity contribution is 7.80. The summed E-state index contributed by atoms with van der Waals surface area (Å²) in [6.07, 6.45) is 0.803. The Labute approximate surface area is 104 Å². The zero-order valence-electron chi connectivity index (χ0n) is 8.84. The number of carboxylic acids is 1. The molecule has 1 rings (SSSR count). The van der Waals surface area contributed by atoms with Crippen LogP contribution in [0.4, 0.5) is 10.5 Å². The van der Waals surface area contributed by atoms with Crippen LogP contribution in [0.25, 0.3) is 0 Å². The second-order valence-electron chi connectivity index (χ2n) is 3.05. The van der Waals surface area contributed by atoms with Crippen molar-refractivity contribution in [2.45, 2.75) is 4.90 Å². The second-order valence-corrected chi connectivity index (χ2v) is 3.53. The van der Waals surface area contributed by atoms with Gasteiger partial charge >= 0.3 is 12.1 Å². The third-order valence-electron chi connectivity index (χ3n) is 1.81. The van der Waals surface area contributed by atoms with Crippen LogP contribution in [0.2, 0.25) is 0 Å². The number of carboxylic acid groups (broad SMARTS) is 1. The Morgan fingerprint density at radius 1 is 1.53 bits per heavy atom. The summed E-state index contributed by atoms with van der Waals surface area (Å²) < 4.78 is 4.70. The molecular formula is C11H11NO4S. The average Bonchev–Trinajstić information content (AvgIpc) is 2.26. The summed E-state index contributed by atoms with van der Waals surface area (Å²) in [7, 11) is 0. The number of benzene rings is 1. The van der Waals surface area contributed by atoms with Crippen LogP contribution in [-0.2, 0) is 4.74 Å². The van der Waals surface area contributed by atoms with Crippen molar-refractivity contribution in [3.63, 3.8) is 0 Å². The highest BCUT2D eigenvalue weighted by atomic mass is 32.1. The van der Waals surface area contributed by atoms with Gasteiger partial charge < -0.3 is 9.84 Å². The Morgan fingerprint density at radius 3 is 2.76 bits per heavy atom. The zero-order chi connectivity index (χ0) is 12.8. The van der Waals surface area contributed by atoms with Crippen LogP contribution < -0.4 is 5.32 Å². The van der Waals surface area contributed by atoms with E-state index in [-0.39, 0.29) is 17.1 Å². The number of hydrogen-bond donors (Lipinski definition) is 3. The molecule has 0 fully saturated rings. The van der Waals surface area contributed by atoms with Crippen LogP contribution in [0.5, 0.6) is 0 Å². The molecule has 5 nitrogen and oxygen atoms in total. The first-order chi connectivity index (χ1) is 8.04. The Bertz CT molecular complexity index is 459. The van der Waals surface area contributed by atoms with Gasteiger partial charge in [0.25, 0.3) is 0 Å². The summed E-state index contributed by atoms with van der Waals surface area (Å²) in [5, 5.41) is 11.2. The highest BCUT2D eigenvalue weighted by Gasteiger charge is 2.09. The predicted octanol–water partition coefficient (Wildman–Crippen LogP) is 2.41. The smallest absolute Gasteiger partial charge is 0.411 e. The molecule has 90 valence electrons. The van der Waals surface area contributed by atoms with E-state index in [2.05, 4.69) is 24.5 Å². The van der Waals surface area contributed by atoms with Crippen molar-refractivity contribution in [2.24, 2.45) is 0 Å². The average molecular weight is 253 g/mol. The van der Waals surface area contributed by atoms with E-state index >= 15 is 0 Å². The van der Waals surface area contributed by atoms with Gasteiger partial charge in [-0.05, 0) is 18.2 Å². The van der Waals surface area contributed by atoms with Crippen LogP contribution in [0.1, 0.15) is 10.4 Å². The largest absolute Gasteiger partial charge is 0.478 e. The molecule has 6 heteroatoms. The summed E-state index contributed by atoms with van der Waals surface area (Å²) in [6.45, 7) is 3.51. The molecule has 0 radical (unpaired) electrons. The number of rotatable bonds is 4. The Morgan fingerprint density at radius 2 is 2.24 bits per heavy atom. The molecule has 0 bridgehead atoms. The van der Waals surface area contributed by atoms with Gasteiger partial charge in [-0.1, -0.05) is 12.7 Å². The molecule has 0 spiro atoms. The Balaban J connectivity index is 2.74. The molecule has 0 heterocycles. The minimum atomic E-state index is -1.07. The number of carbonyl (C=O) groups excluding carboxylic acids is 1. The van der Waals surface area contributed by atoms with Gasteiger partial charge in [-0.3, -0.25) is 5.32 Å². The standard InChI is InChI=1S/C11H11NO4S/c1-2-5-16-11(15)12-7-3-4-8(10(13)14)9(17)6-7/h2-4,6,17H,1,5H2,(H,12,15)(H,13,14). The van der Waals surface area contributed by atoms with E-state index in [0.717, 1.165) is 0 Å². The van der Waals surface area contributed by atoms with Crippen molar-refractivity contribution in [1.82, 2.24) is 0 Å². The van der Waals surface area contributed by atoms with Gasteiger partial charge in [0, 0.05) is 10.6 Å². The fourth-order valence-electron chi connectivity index (χ4n) is 1.08. The van der Waals surface area contributed by atoms with E-state index in [0.29, 0.717) is 5.69 Å². The maximum absolute atomic E-state index is 11.2. The molecule has 0 aliphatic heterocycles. The molecule has 0 atom stereocenters. The highest BCUT2D eigenvalue weighted by Crippen LogP contribution is 2.19. The topological polar surface area (TPSA) is 75.6 Å². The number of nitrogens with one attached hydrogen (secondary N) is 1. The van der Waals surface area contributed by atoms with Crippen molar-refractivity contribution < 1.29 is 19.4 Å². The van der Waals surface area contributed by atoms with Crippen LogP contribution in [0.15, 0.2) is 35.7 Å². The minimum absolute atomic E-state index is 0.0679. The number of aromatic carboxylic acids is 1. The summed E-state index contributed by atoms with van der Waals surface area (Å²) in [6, 6.07) is 4.24. The third kappa shape index (κ3) is 3.84. The van der Waals surface area contributed by atoms with E-state index in [1.165, 1.54) is 24.3 Å². The minimum Gasteiger partial charge on any atom is -0.478 e. The molecule has 2 N–H and O–H groups in total. The van der Waals surface area contributed by atoms with Crippen LogP contribution in [0, 0.1) is 0 Å². The first-order valence-electron chi connectivity index (χ1n) is 4.65. The Hall–Kier alpha value is -1.95. The first-order valence-corrected chi connectivity index (χ1v) is 5.10. The van der Waals surface area contributed by atoms with Gasteiger partial charge in [-0.25, -0.2) is 9.59 Å². The lowest BCUT2D eigenvalue weighted by molar-refractivity contribution is 0.0693. The van der Waals surface area contributed by atoms with Crippen LogP contribution in [-0.4, -0.2) is 23.8 Å². The number of anilines is 1. The second kappa shape index (κ2) is 5.95. The summed E-state index contributed by atoms with van der Waals surface area (Å²) in [5.74, 6) is -1.07. The van der Waals surface area contributed by atoms with Crippen molar-refractivity contribution in [1.29, 1.82) is 0 Å². The number of amides is 1. The third-order valence-corrected chi connectivity index (χ3v) is 2.18. The van der Waals surface area contributed by atoms with Crippen LogP contribution in [0.3, 0.4) is 0 Å². The van der Waals surface area contributed by atoms with Crippen molar-refractivity contribution in [2.75, 3.05) is 11.9 Å². The number of thiol groups is 1. The molecule has 1 aromatic carbocycles. The molecule has 1 amide bonds. The molecular weight excluding hydrogens is 242 g/mol. The molecule has 0 saturated carbocycles. The number of hydrogen-bond acceptors (Lipinski definition) is 4. The van der Waals surface area contributed by atoms with Crippen molar-refractivity contribution in [3.8, 4) is 0 Å². The van der Waals surface area contributed by atoms with Crippen molar-refractivity contribution in [3.05, 3.63) is 36.4 Å². The maximum Gasteiger partial charge on any atom is 0.411 e. The van der Waals surface area contributed by atoms with Gasteiger partial charge in [-0.2, -0.15) is 0 Å². The summed E-state index contributed by atoms with van der Waals surface area (Å²) in [5.41, 5.74) is 0.479. The summed E-state index contributed by atoms with van der Waals surface area (Å²) in [4.78, 5) is 22.2. The summed E-state index contributed by atoms with van der Waals surface area (Å²) >= 11 is 4.01. The van der Waals surface area contributed by atoms with Gasteiger partial charge in [0.15, 0.2) is 0 Å². The van der Waals surface area contributed by atoms with Gasteiger partial charge in [0.1, 0.15) is 6.61 Å². The molecule has 0 saturated heterocycles. The van der Waals surface area contributed by atoms with E-state index < -0.39 is 12.1 Å². The lowest BCUT2D eigenvalue weighted by Crippen LogP contribution is -2.13. The number of carbonyl (C=O) groups is 2. The monoisotopic (exact) mass is 253 g/mol. The molecule has 0 aliphatic rings. The normalized spacial score (nSPS) is 9.47. The van der Waals surface area contributed by atoms with E-state index in [1.54, 1.807) is 0 Å². The molecule has 0 aliphatic carbocycles. The zero-order valence-corrected chi connectivity index (χ0v) is 9.74.